The smallest absolute Gasteiger partial charge is 0.312 e. The number of hydrogen-bond donors (Lipinski definition) is 3. The third kappa shape index (κ3) is 5.44. The maximum Gasteiger partial charge on any atom is 0.312 e. The maximum absolute atomic E-state index is 11.3. The number of halogens is 1. The quantitative estimate of drug-likeness (QED) is 0.462. The molecule has 0 spiro atoms. The molecule has 0 aliphatic heterocycles. The highest BCUT2D eigenvalue weighted by Gasteiger charge is 2.17. The molecule has 4 N–H and O–H groups in total. The monoisotopic (exact) mass is 417 g/mol. The Labute approximate surface area is 173 Å². The van der Waals surface area contributed by atoms with Crippen LogP contribution in [0.5, 0.6) is 0 Å². The molecule has 29 heavy (non-hydrogen) atoms. The molecule has 0 aliphatic rings. The van der Waals surface area contributed by atoms with E-state index in [1.165, 1.54) is 0 Å². The number of amides is 2. The van der Waals surface area contributed by atoms with Gasteiger partial charge in [0.25, 0.3) is 0 Å². The molecule has 154 valence electrons. The number of primary amides is 1. The summed E-state index contributed by atoms with van der Waals surface area (Å²) >= 11 is 6.11. The van der Waals surface area contributed by atoms with E-state index in [2.05, 4.69) is 15.4 Å². The predicted octanol–water partition coefficient (Wildman–Crippen LogP) is 2.43. The molecule has 0 aliphatic carbocycles. The molecule has 0 bridgehead atoms. The van der Waals surface area contributed by atoms with Gasteiger partial charge >= 0.3 is 6.03 Å². The molecule has 9 heteroatoms. The third-order valence-corrected chi connectivity index (χ3v) is 4.69. The summed E-state index contributed by atoms with van der Waals surface area (Å²) in [5, 5.41) is 18.7. The lowest BCUT2D eigenvalue weighted by Gasteiger charge is -2.19. The second-order valence-electron chi connectivity index (χ2n) is 6.66. The number of carbonyl (C=O) groups is 1. The summed E-state index contributed by atoms with van der Waals surface area (Å²) in [7, 11) is 0. The van der Waals surface area contributed by atoms with E-state index in [9.17, 15) is 9.90 Å². The molecule has 2 atom stereocenters. The SMILES string of the molecule is CCn1ncc2cc(Cl)nc(CC(O)COCC(NC(N)=O)c3ccccc3)c21. The van der Waals surface area contributed by atoms with Crippen molar-refractivity contribution in [3.05, 3.63) is 59.0 Å². The lowest BCUT2D eigenvalue weighted by atomic mass is 10.1. The lowest BCUT2D eigenvalue weighted by Crippen LogP contribution is -2.36. The Morgan fingerprint density at radius 1 is 1.34 bits per heavy atom. The van der Waals surface area contributed by atoms with Crippen LogP contribution in [-0.2, 0) is 17.7 Å². The minimum Gasteiger partial charge on any atom is -0.390 e. The summed E-state index contributed by atoms with van der Waals surface area (Å²) < 4.78 is 7.49. The Morgan fingerprint density at radius 2 is 2.10 bits per heavy atom. The molecule has 2 amide bonds. The van der Waals surface area contributed by atoms with Gasteiger partial charge in [-0.05, 0) is 18.6 Å². The molecule has 0 saturated heterocycles. The van der Waals surface area contributed by atoms with Crippen LogP contribution in [0.25, 0.3) is 10.9 Å². The summed E-state index contributed by atoms with van der Waals surface area (Å²) in [6.45, 7) is 2.92. The van der Waals surface area contributed by atoms with Gasteiger partial charge in [-0.1, -0.05) is 41.9 Å². The molecular formula is C20H24ClN5O3. The van der Waals surface area contributed by atoms with Crippen LogP contribution >= 0.6 is 11.6 Å². The number of benzene rings is 1. The van der Waals surface area contributed by atoms with E-state index in [4.69, 9.17) is 22.1 Å². The predicted molar refractivity (Wildman–Crippen MR) is 111 cm³/mol. The van der Waals surface area contributed by atoms with Crippen LogP contribution in [0, 0.1) is 0 Å². The summed E-state index contributed by atoms with van der Waals surface area (Å²) in [5.41, 5.74) is 7.65. The Bertz CT molecular complexity index is 963. The van der Waals surface area contributed by atoms with Crippen molar-refractivity contribution < 1.29 is 14.6 Å². The molecule has 0 fully saturated rings. The van der Waals surface area contributed by atoms with Crippen LogP contribution in [0.1, 0.15) is 24.2 Å². The highest BCUT2D eigenvalue weighted by Crippen LogP contribution is 2.22. The number of ether oxygens (including phenoxy) is 1. The van der Waals surface area contributed by atoms with Crippen LogP contribution in [-0.4, -0.2) is 45.2 Å². The van der Waals surface area contributed by atoms with Gasteiger partial charge in [-0.25, -0.2) is 9.78 Å². The molecule has 0 saturated carbocycles. The largest absolute Gasteiger partial charge is 0.390 e. The van der Waals surface area contributed by atoms with Crippen LogP contribution in [0.2, 0.25) is 5.15 Å². The number of aliphatic hydroxyl groups is 1. The fraction of sp³-hybridized carbons (Fsp3) is 0.350. The maximum atomic E-state index is 11.3. The highest BCUT2D eigenvalue weighted by atomic mass is 35.5. The van der Waals surface area contributed by atoms with E-state index in [-0.39, 0.29) is 19.6 Å². The van der Waals surface area contributed by atoms with Gasteiger partial charge in [0.15, 0.2) is 0 Å². The number of fused-ring (bicyclic) bond motifs is 1. The van der Waals surface area contributed by atoms with Crippen LogP contribution in [0.3, 0.4) is 0 Å². The number of urea groups is 1. The summed E-state index contributed by atoms with van der Waals surface area (Å²) in [4.78, 5) is 15.7. The number of aliphatic hydroxyl groups excluding tert-OH is 1. The standard InChI is InChI=1S/C20H24ClN5O3/c1-2-26-19-14(10-23-26)8-18(21)24-16(19)9-15(27)11-29-12-17(25-20(22)28)13-6-4-3-5-7-13/h3-8,10,15,17,27H,2,9,11-12H2,1H3,(H3,22,25,28). The minimum absolute atomic E-state index is 0.0692. The lowest BCUT2D eigenvalue weighted by molar-refractivity contribution is 0.0284. The van der Waals surface area contributed by atoms with Crippen molar-refractivity contribution in [2.45, 2.75) is 32.0 Å². The van der Waals surface area contributed by atoms with Crippen LogP contribution < -0.4 is 11.1 Å². The summed E-state index contributed by atoms with van der Waals surface area (Å²) in [6, 6.07) is 10.1. The van der Waals surface area contributed by atoms with Crippen molar-refractivity contribution in [1.82, 2.24) is 20.1 Å². The van der Waals surface area contributed by atoms with E-state index in [1.807, 2.05) is 41.9 Å². The highest BCUT2D eigenvalue weighted by molar-refractivity contribution is 6.30. The van der Waals surface area contributed by atoms with Gasteiger partial charge in [0.05, 0.1) is 42.8 Å². The normalized spacial score (nSPS) is 13.3. The zero-order chi connectivity index (χ0) is 20.8. The number of hydrogen-bond acceptors (Lipinski definition) is 5. The van der Waals surface area contributed by atoms with Gasteiger partial charge in [0, 0.05) is 18.4 Å². The first-order chi connectivity index (χ1) is 14.0. The molecule has 2 aromatic heterocycles. The van der Waals surface area contributed by atoms with Crippen LogP contribution in [0.15, 0.2) is 42.6 Å². The molecular weight excluding hydrogens is 394 g/mol. The average molecular weight is 418 g/mol. The van der Waals surface area contributed by atoms with Gasteiger partial charge in [-0.3, -0.25) is 4.68 Å². The van der Waals surface area contributed by atoms with Gasteiger partial charge < -0.3 is 20.9 Å². The Kier molecular flexibility index (Phi) is 7.03. The molecule has 1 aromatic carbocycles. The first-order valence-corrected chi connectivity index (χ1v) is 9.73. The number of nitrogens with zero attached hydrogens (tertiary/aromatic N) is 3. The van der Waals surface area contributed by atoms with Gasteiger partial charge in [0.1, 0.15) is 5.15 Å². The number of nitrogens with one attached hydrogen (secondary N) is 1. The van der Waals surface area contributed by atoms with Crippen molar-refractivity contribution in [2.24, 2.45) is 5.73 Å². The summed E-state index contributed by atoms with van der Waals surface area (Å²) in [5.74, 6) is 0. The second kappa shape index (κ2) is 9.69. The van der Waals surface area contributed by atoms with Gasteiger partial charge in [-0.2, -0.15) is 5.10 Å². The second-order valence-corrected chi connectivity index (χ2v) is 7.04. The van der Waals surface area contributed by atoms with Crippen LogP contribution in [0.4, 0.5) is 4.79 Å². The zero-order valence-corrected chi connectivity index (χ0v) is 16.8. The fourth-order valence-electron chi connectivity index (χ4n) is 3.23. The van der Waals surface area contributed by atoms with E-state index in [1.54, 1.807) is 12.3 Å². The van der Waals surface area contributed by atoms with Crippen molar-refractivity contribution in [3.8, 4) is 0 Å². The van der Waals surface area contributed by atoms with Crippen molar-refractivity contribution in [2.75, 3.05) is 13.2 Å². The Hall–Kier alpha value is -2.68. The van der Waals surface area contributed by atoms with Gasteiger partial charge in [-0.15, -0.1) is 0 Å². The molecule has 2 heterocycles. The molecule has 3 aromatic rings. The third-order valence-electron chi connectivity index (χ3n) is 4.50. The summed E-state index contributed by atoms with van der Waals surface area (Å²) in [6.07, 6.45) is 1.20. The van der Waals surface area contributed by atoms with Crippen molar-refractivity contribution in [3.63, 3.8) is 0 Å². The number of carbonyl (C=O) groups excluding carboxylic acids is 1. The molecule has 0 radical (unpaired) electrons. The number of rotatable bonds is 9. The average Bonchev–Trinajstić information content (AvgIpc) is 3.10. The molecule has 2 unspecified atom stereocenters. The van der Waals surface area contributed by atoms with E-state index >= 15 is 0 Å². The zero-order valence-electron chi connectivity index (χ0n) is 16.1. The molecule has 3 rings (SSSR count). The first kappa shape index (κ1) is 21.0. The number of nitrogens with two attached hydrogens (primary N) is 1. The number of aryl methyl sites for hydroxylation is 1. The number of pyridine rings is 1. The fourth-order valence-corrected chi connectivity index (χ4v) is 3.45. The molecule has 8 nitrogen and oxygen atoms in total. The minimum atomic E-state index is -0.797. The Morgan fingerprint density at radius 3 is 2.79 bits per heavy atom. The van der Waals surface area contributed by atoms with Gasteiger partial charge in [0.2, 0.25) is 0 Å². The van der Waals surface area contributed by atoms with Crippen molar-refractivity contribution in [1.29, 1.82) is 0 Å². The van der Waals surface area contributed by atoms with Crippen molar-refractivity contribution >= 4 is 28.5 Å². The topological polar surface area (TPSA) is 115 Å². The Balaban J connectivity index is 1.64. The number of aromatic nitrogens is 3. The first-order valence-electron chi connectivity index (χ1n) is 9.35. The van der Waals surface area contributed by atoms with E-state index < -0.39 is 18.2 Å². The van der Waals surface area contributed by atoms with E-state index in [0.717, 1.165) is 16.5 Å². The van der Waals surface area contributed by atoms with E-state index in [0.29, 0.717) is 17.4 Å².